The maximum Gasteiger partial charge on any atom is 0.356 e. The number of esters is 1. The molecule has 0 saturated carbocycles. The van der Waals surface area contributed by atoms with Crippen molar-refractivity contribution >= 4 is 11.7 Å². The molecule has 0 amide bonds. The Labute approximate surface area is 65.8 Å². The van der Waals surface area contributed by atoms with Crippen molar-refractivity contribution < 1.29 is 9.53 Å². The molecule has 0 aliphatic carbocycles. The highest BCUT2D eigenvalue weighted by Gasteiger charge is 2.14. The van der Waals surface area contributed by atoms with Crippen LogP contribution in [0.4, 0.5) is 0 Å². The van der Waals surface area contributed by atoms with Gasteiger partial charge in [-0.1, -0.05) is 6.08 Å². The minimum absolute atomic E-state index is 0.335. The molecule has 0 spiro atoms. The van der Waals surface area contributed by atoms with E-state index in [0.29, 0.717) is 12.3 Å². The fraction of sp³-hybridized carbons (Fsp3) is 0.500. The molecular formula is C8H11NO2. The number of hydrogen-bond acceptors (Lipinski definition) is 3. The van der Waals surface area contributed by atoms with Gasteiger partial charge >= 0.3 is 5.97 Å². The van der Waals surface area contributed by atoms with Gasteiger partial charge in [0.2, 0.25) is 0 Å². The van der Waals surface area contributed by atoms with Gasteiger partial charge in [0.1, 0.15) is 5.71 Å². The van der Waals surface area contributed by atoms with Crippen molar-refractivity contribution in [1.29, 1.82) is 0 Å². The normalized spacial score (nSPS) is 16.9. The molecule has 11 heavy (non-hydrogen) atoms. The lowest BCUT2D eigenvalue weighted by molar-refractivity contribution is -0.132. The van der Waals surface area contributed by atoms with Crippen molar-refractivity contribution in [3.63, 3.8) is 0 Å². The maximum absolute atomic E-state index is 11.0. The molecule has 3 nitrogen and oxygen atoms in total. The van der Waals surface area contributed by atoms with E-state index in [1.54, 1.807) is 0 Å². The smallest absolute Gasteiger partial charge is 0.356 e. The van der Waals surface area contributed by atoms with Gasteiger partial charge in [-0.3, -0.25) is 4.99 Å². The molecule has 0 aromatic rings. The molecule has 0 aromatic carbocycles. The standard InChI is InChI=1S/C8H11NO2/c1-6-4-3-5-9-7(6)8(10)11-2/h4H,3,5H2,1-2H3. The van der Waals surface area contributed by atoms with Crippen LogP contribution in [0.5, 0.6) is 0 Å². The minimum atomic E-state index is -0.335. The van der Waals surface area contributed by atoms with Gasteiger partial charge in [-0.2, -0.15) is 0 Å². The van der Waals surface area contributed by atoms with Crippen LogP contribution in [0.15, 0.2) is 16.6 Å². The molecule has 0 atom stereocenters. The van der Waals surface area contributed by atoms with Crippen LogP contribution in [0.3, 0.4) is 0 Å². The minimum Gasteiger partial charge on any atom is -0.464 e. The molecule has 0 saturated heterocycles. The first-order valence-electron chi connectivity index (χ1n) is 3.55. The molecule has 0 N–H and O–H groups in total. The monoisotopic (exact) mass is 153 g/mol. The summed E-state index contributed by atoms with van der Waals surface area (Å²) in [6, 6.07) is 0. The summed E-state index contributed by atoms with van der Waals surface area (Å²) in [5.41, 5.74) is 1.39. The topological polar surface area (TPSA) is 38.7 Å². The van der Waals surface area contributed by atoms with E-state index >= 15 is 0 Å². The van der Waals surface area contributed by atoms with Crippen LogP contribution >= 0.6 is 0 Å². The van der Waals surface area contributed by atoms with E-state index in [9.17, 15) is 4.79 Å². The largest absolute Gasteiger partial charge is 0.464 e. The third kappa shape index (κ3) is 1.67. The van der Waals surface area contributed by atoms with E-state index in [1.165, 1.54) is 7.11 Å². The average molecular weight is 153 g/mol. The molecule has 1 aliphatic heterocycles. The van der Waals surface area contributed by atoms with Gasteiger partial charge in [0.05, 0.1) is 7.11 Å². The van der Waals surface area contributed by atoms with Crippen molar-refractivity contribution in [2.45, 2.75) is 13.3 Å². The number of nitrogens with zero attached hydrogens (tertiary/aromatic N) is 1. The second-order valence-electron chi connectivity index (χ2n) is 2.40. The summed E-state index contributed by atoms with van der Waals surface area (Å²) in [5.74, 6) is -0.335. The zero-order valence-electron chi connectivity index (χ0n) is 6.76. The summed E-state index contributed by atoms with van der Waals surface area (Å²) in [6.45, 7) is 2.57. The molecule has 0 unspecified atom stereocenters. The van der Waals surface area contributed by atoms with E-state index in [2.05, 4.69) is 9.73 Å². The quantitative estimate of drug-likeness (QED) is 0.526. The Hall–Kier alpha value is -1.12. The van der Waals surface area contributed by atoms with Gasteiger partial charge in [0.25, 0.3) is 0 Å². The summed E-state index contributed by atoms with van der Waals surface area (Å²) in [6.07, 6.45) is 2.92. The fourth-order valence-electron chi connectivity index (χ4n) is 1.00. The second kappa shape index (κ2) is 3.32. The third-order valence-electron chi connectivity index (χ3n) is 1.60. The van der Waals surface area contributed by atoms with Crippen molar-refractivity contribution in [2.75, 3.05) is 13.7 Å². The SMILES string of the molecule is COC(=O)C1=NCCC=C1C. The molecule has 60 valence electrons. The van der Waals surface area contributed by atoms with E-state index in [-0.39, 0.29) is 5.97 Å². The van der Waals surface area contributed by atoms with Crippen LogP contribution < -0.4 is 0 Å². The van der Waals surface area contributed by atoms with E-state index in [1.807, 2.05) is 13.0 Å². The molecule has 3 heteroatoms. The second-order valence-corrected chi connectivity index (χ2v) is 2.40. The summed E-state index contributed by atoms with van der Waals surface area (Å²) >= 11 is 0. The van der Waals surface area contributed by atoms with Crippen LogP contribution in [0, 0.1) is 0 Å². The summed E-state index contributed by atoms with van der Waals surface area (Å²) < 4.78 is 4.55. The van der Waals surface area contributed by atoms with Crippen molar-refractivity contribution in [1.82, 2.24) is 0 Å². The summed E-state index contributed by atoms with van der Waals surface area (Å²) in [5, 5.41) is 0. The van der Waals surface area contributed by atoms with Gasteiger partial charge in [0, 0.05) is 6.54 Å². The predicted molar refractivity (Wildman–Crippen MR) is 42.7 cm³/mol. The Balaban J connectivity index is 2.78. The molecule has 0 fully saturated rings. The van der Waals surface area contributed by atoms with Gasteiger partial charge in [-0.15, -0.1) is 0 Å². The van der Waals surface area contributed by atoms with E-state index in [0.717, 1.165) is 12.0 Å². The molecule has 0 aromatic heterocycles. The number of carbonyl (C=O) groups excluding carboxylic acids is 1. The van der Waals surface area contributed by atoms with Crippen molar-refractivity contribution in [3.8, 4) is 0 Å². The molecule has 0 bridgehead atoms. The predicted octanol–water partition coefficient (Wildman–Crippen LogP) is 0.950. The van der Waals surface area contributed by atoms with Crippen molar-refractivity contribution in [3.05, 3.63) is 11.6 Å². The maximum atomic E-state index is 11.0. The number of rotatable bonds is 1. The number of dihydropyridines is 1. The van der Waals surface area contributed by atoms with Gasteiger partial charge in [-0.25, -0.2) is 4.79 Å². The van der Waals surface area contributed by atoms with Crippen molar-refractivity contribution in [2.24, 2.45) is 4.99 Å². The van der Waals surface area contributed by atoms with Gasteiger partial charge in [-0.05, 0) is 18.9 Å². The van der Waals surface area contributed by atoms with Crippen LogP contribution in [0.1, 0.15) is 13.3 Å². The Morgan fingerprint density at radius 1 is 1.73 bits per heavy atom. The highest BCUT2D eigenvalue weighted by atomic mass is 16.5. The first kappa shape index (κ1) is 7.98. The Bertz CT molecular complexity index is 228. The Kier molecular flexibility index (Phi) is 2.41. The average Bonchev–Trinajstić information content (AvgIpc) is 2.04. The molecule has 1 rings (SSSR count). The van der Waals surface area contributed by atoms with E-state index in [4.69, 9.17) is 0 Å². The van der Waals surface area contributed by atoms with Crippen LogP contribution in [0.25, 0.3) is 0 Å². The lowest BCUT2D eigenvalue weighted by Crippen LogP contribution is -2.19. The highest BCUT2D eigenvalue weighted by Crippen LogP contribution is 2.07. The third-order valence-corrected chi connectivity index (χ3v) is 1.60. The summed E-state index contributed by atoms with van der Waals surface area (Å²) in [4.78, 5) is 15.0. The number of carbonyl (C=O) groups is 1. The zero-order chi connectivity index (χ0) is 8.27. The van der Waals surface area contributed by atoms with Gasteiger partial charge in [0.15, 0.2) is 0 Å². The Morgan fingerprint density at radius 3 is 3.00 bits per heavy atom. The van der Waals surface area contributed by atoms with Crippen LogP contribution in [0.2, 0.25) is 0 Å². The zero-order valence-corrected chi connectivity index (χ0v) is 6.76. The highest BCUT2D eigenvalue weighted by molar-refractivity contribution is 6.43. The molecule has 1 heterocycles. The first-order valence-corrected chi connectivity index (χ1v) is 3.55. The number of ether oxygens (including phenoxy) is 1. The Morgan fingerprint density at radius 2 is 2.45 bits per heavy atom. The first-order chi connectivity index (χ1) is 5.25. The van der Waals surface area contributed by atoms with Gasteiger partial charge < -0.3 is 4.74 Å². The molecular weight excluding hydrogens is 142 g/mol. The molecule has 0 radical (unpaired) electrons. The number of hydrogen-bond donors (Lipinski definition) is 0. The fourth-order valence-corrected chi connectivity index (χ4v) is 1.00. The number of aliphatic imine (C=N–C) groups is 1. The van der Waals surface area contributed by atoms with E-state index < -0.39 is 0 Å². The molecule has 1 aliphatic rings. The lowest BCUT2D eigenvalue weighted by Gasteiger charge is -2.08. The van der Waals surface area contributed by atoms with Crippen LogP contribution in [-0.2, 0) is 9.53 Å². The lowest BCUT2D eigenvalue weighted by atomic mass is 10.1. The van der Waals surface area contributed by atoms with Crippen LogP contribution in [-0.4, -0.2) is 25.3 Å². The number of methoxy groups -OCH3 is 1. The summed E-state index contributed by atoms with van der Waals surface area (Å²) in [7, 11) is 1.37.